The van der Waals surface area contributed by atoms with E-state index in [1.807, 2.05) is 0 Å². The van der Waals surface area contributed by atoms with Crippen LogP contribution < -0.4 is 0 Å². The molecule has 2 aromatic rings. The molecule has 2 aliphatic heterocycles. The number of sulfonamides is 1. The average Bonchev–Trinajstić information content (AvgIpc) is 3.62. The van der Waals surface area contributed by atoms with Crippen molar-refractivity contribution in [1.29, 1.82) is 0 Å². The Hall–Kier alpha value is -2.03. The number of nitrogens with zero attached hydrogens (tertiary/aromatic N) is 3. The van der Waals surface area contributed by atoms with Gasteiger partial charge in [-0.15, -0.1) is 22.7 Å². The normalized spacial score (nSPS) is 19.7. The van der Waals surface area contributed by atoms with E-state index < -0.39 is 40.5 Å². The van der Waals surface area contributed by atoms with Gasteiger partial charge < -0.3 is 19.3 Å². The van der Waals surface area contributed by atoms with Crippen LogP contribution >= 0.6 is 34.3 Å². The van der Waals surface area contributed by atoms with Gasteiger partial charge in [0.1, 0.15) is 23.5 Å². The molecule has 0 aromatic carbocycles. The summed E-state index contributed by atoms with van der Waals surface area (Å²) in [6.07, 6.45) is 0.139. The van der Waals surface area contributed by atoms with E-state index in [-0.39, 0.29) is 23.8 Å². The van der Waals surface area contributed by atoms with Gasteiger partial charge in [0, 0.05) is 24.5 Å². The van der Waals surface area contributed by atoms with Gasteiger partial charge in [-0.1, -0.05) is 11.6 Å². The van der Waals surface area contributed by atoms with Gasteiger partial charge in [0.05, 0.1) is 29.5 Å². The molecule has 0 N–H and O–H groups in total. The topological polar surface area (TPSA) is 114 Å². The van der Waals surface area contributed by atoms with E-state index in [1.165, 1.54) is 33.6 Å². The summed E-state index contributed by atoms with van der Waals surface area (Å²) in [5, 5.41) is 1.64. The monoisotopic (exact) mass is 575 g/mol. The van der Waals surface area contributed by atoms with E-state index in [1.54, 1.807) is 29.3 Å². The van der Waals surface area contributed by atoms with Crippen LogP contribution in [0.1, 0.15) is 13.3 Å². The predicted molar refractivity (Wildman–Crippen MR) is 136 cm³/mol. The number of carbonyl (C=O) groups excluding carboxylic acids is 3. The van der Waals surface area contributed by atoms with Gasteiger partial charge in [0.2, 0.25) is 21.8 Å². The Morgan fingerprint density at radius 1 is 1.25 bits per heavy atom. The zero-order valence-electron chi connectivity index (χ0n) is 19.7. The fraction of sp³-hybridized carbons (Fsp3) is 0.500. The molecule has 0 saturated carbocycles. The maximum Gasteiger partial charge on any atom is 0.321 e. The average molecular weight is 576 g/mol. The third-order valence-corrected chi connectivity index (χ3v) is 10.6. The molecule has 2 amide bonds. The number of amides is 2. The number of halogens is 1. The molecular formula is C22H26ClN3O7S3. The Balaban J connectivity index is 1.62. The summed E-state index contributed by atoms with van der Waals surface area (Å²) >= 11 is 8.52. The number of hydrogen-bond donors (Lipinski definition) is 0. The molecule has 10 nitrogen and oxygen atoms in total. The summed E-state index contributed by atoms with van der Waals surface area (Å²) in [6, 6.07) is 2.94. The summed E-state index contributed by atoms with van der Waals surface area (Å²) in [6.45, 7) is 2.92. The third-order valence-electron chi connectivity index (χ3n) is 6.23. The highest BCUT2D eigenvalue weighted by molar-refractivity contribution is 7.89. The minimum atomic E-state index is -4.29. The van der Waals surface area contributed by atoms with Gasteiger partial charge in [-0.25, -0.2) is 8.42 Å². The second kappa shape index (κ2) is 11.2. The van der Waals surface area contributed by atoms with Gasteiger partial charge in [0.25, 0.3) is 0 Å². The number of methoxy groups -OCH3 is 1. The zero-order valence-corrected chi connectivity index (χ0v) is 22.9. The van der Waals surface area contributed by atoms with Crippen LogP contribution in [0.25, 0.3) is 9.75 Å². The summed E-state index contributed by atoms with van der Waals surface area (Å²) in [5.41, 5.74) is 0. The number of rotatable bonds is 8. The van der Waals surface area contributed by atoms with Crippen LogP contribution in [-0.4, -0.2) is 98.9 Å². The van der Waals surface area contributed by atoms with Crippen molar-refractivity contribution in [3.8, 4) is 9.75 Å². The second-order valence-electron chi connectivity index (χ2n) is 8.29. The first-order valence-corrected chi connectivity index (χ1v) is 14.8. The Morgan fingerprint density at radius 3 is 2.61 bits per heavy atom. The van der Waals surface area contributed by atoms with Crippen LogP contribution in [0, 0.1) is 0 Å². The van der Waals surface area contributed by atoms with Crippen molar-refractivity contribution < 1.29 is 32.3 Å². The van der Waals surface area contributed by atoms with Crippen molar-refractivity contribution in [2.45, 2.75) is 30.3 Å². The van der Waals surface area contributed by atoms with Crippen LogP contribution in [0.5, 0.6) is 0 Å². The first-order valence-electron chi connectivity index (χ1n) is 11.2. The molecule has 0 radical (unpaired) electrons. The lowest BCUT2D eigenvalue weighted by atomic mass is 10.2. The van der Waals surface area contributed by atoms with E-state index in [2.05, 4.69) is 0 Å². The maximum atomic E-state index is 13.9. The lowest BCUT2D eigenvalue weighted by Crippen LogP contribution is -2.53. The Morgan fingerprint density at radius 2 is 1.97 bits per heavy atom. The van der Waals surface area contributed by atoms with Gasteiger partial charge >= 0.3 is 5.97 Å². The van der Waals surface area contributed by atoms with Crippen molar-refractivity contribution in [3.05, 3.63) is 27.9 Å². The highest BCUT2D eigenvalue weighted by Crippen LogP contribution is 2.40. The summed E-state index contributed by atoms with van der Waals surface area (Å²) in [4.78, 5) is 42.9. The minimum absolute atomic E-state index is 0.0152. The number of esters is 1. The number of hydrogen-bond acceptors (Lipinski definition) is 9. The fourth-order valence-corrected chi connectivity index (χ4v) is 8.55. The number of likely N-dealkylation sites (tertiary alicyclic amines) is 1. The van der Waals surface area contributed by atoms with Crippen LogP contribution in [-0.2, 0) is 33.9 Å². The van der Waals surface area contributed by atoms with Crippen LogP contribution in [0.3, 0.4) is 0 Å². The molecular weight excluding hydrogens is 550 g/mol. The molecule has 14 heteroatoms. The van der Waals surface area contributed by atoms with Gasteiger partial charge in [0.15, 0.2) is 0 Å². The summed E-state index contributed by atoms with van der Waals surface area (Å²) in [5.74, 6) is -1.53. The lowest BCUT2D eigenvalue weighted by molar-refractivity contribution is -0.147. The quantitative estimate of drug-likeness (QED) is 0.443. The van der Waals surface area contributed by atoms with E-state index in [0.29, 0.717) is 40.4 Å². The van der Waals surface area contributed by atoms with Crippen LogP contribution in [0.4, 0.5) is 0 Å². The predicted octanol–water partition coefficient (Wildman–Crippen LogP) is 2.14. The molecule has 2 saturated heterocycles. The molecule has 4 heterocycles. The van der Waals surface area contributed by atoms with E-state index in [9.17, 15) is 22.8 Å². The standard InChI is InChI=1S/C22H26ClN3O7S3/c1-14(21(28)24-8-10-33-11-9-24)25-7-5-15(22(25)29)26(13-19(27)32-2)36(30,31)17-6-12-34-20(17)16-3-4-18(23)35-16/h3-4,6,12,14-15H,5,7-11,13H2,1-2H3/t14-,15+/m0/s1. The molecule has 0 aliphatic carbocycles. The van der Waals surface area contributed by atoms with Crippen molar-refractivity contribution in [1.82, 2.24) is 14.1 Å². The lowest BCUT2D eigenvalue weighted by Gasteiger charge is -2.33. The minimum Gasteiger partial charge on any atom is -0.468 e. The van der Waals surface area contributed by atoms with E-state index in [0.717, 1.165) is 11.4 Å². The highest BCUT2D eigenvalue weighted by atomic mass is 35.5. The molecule has 36 heavy (non-hydrogen) atoms. The molecule has 0 spiro atoms. The summed E-state index contributed by atoms with van der Waals surface area (Å²) < 4.78 is 39.2. The fourth-order valence-electron chi connectivity index (χ4n) is 4.32. The van der Waals surface area contributed by atoms with Crippen LogP contribution in [0.15, 0.2) is 28.5 Å². The Kier molecular flexibility index (Phi) is 8.37. The van der Waals surface area contributed by atoms with Gasteiger partial charge in [-0.2, -0.15) is 4.31 Å². The molecule has 2 aliphatic rings. The zero-order chi connectivity index (χ0) is 26.0. The van der Waals surface area contributed by atoms with Gasteiger partial charge in [-0.05, 0) is 36.9 Å². The SMILES string of the molecule is COC(=O)CN([C@@H]1CCN([C@@H](C)C(=O)N2CCOCC2)C1=O)S(=O)(=O)c1ccsc1-c1ccc(Cl)s1. The number of thiophene rings is 2. The largest absolute Gasteiger partial charge is 0.468 e. The Bertz CT molecular complexity index is 1240. The first kappa shape index (κ1) is 27.0. The number of morpholine rings is 1. The first-order chi connectivity index (χ1) is 17.1. The van der Waals surface area contributed by atoms with Crippen LogP contribution in [0.2, 0.25) is 4.34 Å². The van der Waals surface area contributed by atoms with Crippen molar-refractivity contribution in [2.75, 3.05) is 46.5 Å². The number of ether oxygens (including phenoxy) is 2. The van der Waals surface area contributed by atoms with E-state index >= 15 is 0 Å². The molecule has 2 atom stereocenters. The van der Waals surface area contributed by atoms with Gasteiger partial charge in [-0.3, -0.25) is 14.4 Å². The Labute approximate surface area is 222 Å². The van der Waals surface area contributed by atoms with Crippen molar-refractivity contribution >= 4 is 62.1 Å². The molecule has 0 bridgehead atoms. The molecule has 2 fully saturated rings. The molecule has 0 unspecified atom stereocenters. The second-order valence-corrected chi connectivity index (χ2v) is 12.8. The van der Waals surface area contributed by atoms with Crippen molar-refractivity contribution in [3.63, 3.8) is 0 Å². The smallest absolute Gasteiger partial charge is 0.321 e. The molecule has 196 valence electrons. The summed E-state index contributed by atoms with van der Waals surface area (Å²) in [7, 11) is -3.14. The maximum absolute atomic E-state index is 13.9. The number of carbonyl (C=O) groups is 3. The highest BCUT2D eigenvalue weighted by Gasteiger charge is 2.46. The van der Waals surface area contributed by atoms with Crippen molar-refractivity contribution in [2.24, 2.45) is 0 Å². The molecule has 4 rings (SSSR count). The van der Waals surface area contributed by atoms with E-state index in [4.69, 9.17) is 21.1 Å². The molecule has 2 aromatic heterocycles. The third kappa shape index (κ3) is 5.31.